The van der Waals surface area contributed by atoms with E-state index in [1.54, 1.807) is 0 Å². The van der Waals surface area contributed by atoms with Crippen LogP contribution in [-0.2, 0) is 9.59 Å². The molecule has 5 heteroatoms. The van der Waals surface area contributed by atoms with Crippen LogP contribution in [0.25, 0.3) is 0 Å². The molecular formula is C14H26N2O3. The molecule has 0 heterocycles. The molecule has 0 radical (unpaired) electrons. The molecule has 1 amide bonds. The van der Waals surface area contributed by atoms with E-state index in [0.717, 1.165) is 25.8 Å². The Morgan fingerprint density at radius 2 is 1.89 bits per heavy atom. The molecule has 3 N–H and O–H groups in total. The van der Waals surface area contributed by atoms with Gasteiger partial charge < -0.3 is 15.7 Å². The third kappa shape index (κ3) is 4.49. The number of rotatable bonds is 7. The van der Waals surface area contributed by atoms with E-state index < -0.39 is 11.5 Å². The zero-order chi connectivity index (χ0) is 14.3. The summed E-state index contributed by atoms with van der Waals surface area (Å²) in [5, 5.41) is 15.3. The monoisotopic (exact) mass is 270 g/mol. The molecule has 0 unspecified atom stereocenters. The summed E-state index contributed by atoms with van der Waals surface area (Å²) in [6.07, 6.45) is 4.29. The number of carbonyl (C=O) groups excluding carboxylic acids is 1. The number of carboxylic acids is 1. The quantitative estimate of drug-likeness (QED) is 0.613. The van der Waals surface area contributed by atoms with Gasteiger partial charge in [-0.1, -0.05) is 20.3 Å². The van der Waals surface area contributed by atoms with Crippen molar-refractivity contribution in [2.45, 2.75) is 57.9 Å². The van der Waals surface area contributed by atoms with E-state index in [2.05, 4.69) is 17.6 Å². The van der Waals surface area contributed by atoms with Crippen molar-refractivity contribution in [1.82, 2.24) is 10.6 Å². The Balaban J connectivity index is 2.53. The molecule has 0 aromatic heterocycles. The van der Waals surface area contributed by atoms with Gasteiger partial charge in [-0.3, -0.25) is 4.79 Å². The highest BCUT2D eigenvalue weighted by Gasteiger charge is 2.42. The Morgan fingerprint density at radius 3 is 2.37 bits per heavy atom. The molecule has 1 saturated carbocycles. The maximum absolute atomic E-state index is 11.8. The molecule has 0 saturated heterocycles. The SMILES string of the molecule is CCNCCC(=O)NC1(C(=O)O)CCC(CC)CC1. The predicted octanol–water partition coefficient (Wildman–Crippen LogP) is 1.53. The maximum atomic E-state index is 11.8. The van der Waals surface area contributed by atoms with E-state index >= 15 is 0 Å². The number of amides is 1. The smallest absolute Gasteiger partial charge is 0.329 e. The number of nitrogens with one attached hydrogen (secondary N) is 2. The van der Waals surface area contributed by atoms with E-state index in [1.807, 2.05) is 6.92 Å². The first-order valence-corrected chi connectivity index (χ1v) is 7.29. The summed E-state index contributed by atoms with van der Waals surface area (Å²) in [7, 11) is 0. The second kappa shape index (κ2) is 7.48. The summed E-state index contributed by atoms with van der Waals surface area (Å²) in [6, 6.07) is 0. The highest BCUT2D eigenvalue weighted by atomic mass is 16.4. The lowest BCUT2D eigenvalue weighted by atomic mass is 9.75. The molecule has 0 aromatic carbocycles. The zero-order valence-corrected chi connectivity index (χ0v) is 12.0. The highest BCUT2D eigenvalue weighted by Crippen LogP contribution is 2.34. The third-order valence-electron chi connectivity index (χ3n) is 4.10. The van der Waals surface area contributed by atoms with Crippen molar-refractivity contribution in [3.63, 3.8) is 0 Å². The van der Waals surface area contributed by atoms with E-state index in [1.165, 1.54) is 0 Å². The van der Waals surface area contributed by atoms with Crippen molar-refractivity contribution in [3.8, 4) is 0 Å². The fraction of sp³-hybridized carbons (Fsp3) is 0.857. The predicted molar refractivity (Wildman–Crippen MR) is 73.9 cm³/mol. The van der Waals surface area contributed by atoms with E-state index in [4.69, 9.17) is 0 Å². The lowest BCUT2D eigenvalue weighted by Crippen LogP contribution is -2.56. The van der Waals surface area contributed by atoms with E-state index in [0.29, 0.717) is 31.7 Å². The summed E-state index contributed by atoms with van der Waals surface area (Å²) in [5.74, 6) is -0.455. The zero-order valence-electron chi connectivity index (χ0n) is 12.0. The molecule has 0 aromatic rings. The molecule has 1 fully saturated rings. The average molecular weight is 270 g/mol. The molecule has 0 aliphatic heterocycles. The second-order valence-electron chi connectivity index (χ2n) is 5.39. The largest absolute Gasteiger partial charge is 0.480 e. The molecule has 0 atom stereocenters. The molecule has 5 nitrogen and oxygen atoms in total. The van der Waals surface area contributed by atoms with Crippen LogP contribution in [0.15, 0.2) is 0 Å². The van der Waals surface area contributed by atoms with Crippen LogP contribution in [0.1, 0.15) is 52.4 Å². The lowest BCUT2D eigenvalue weighted by Gasteiger charge is -2.37. The first kappa shape index (κ1) is 16.0. The number of aliphatic carboxylic acids is 1. The number of hydrogen-bond acceptors (Lipinski definition) is 3. The van der Waals surface area contributed by atoms with Gasteiger partial charge in [0.15, 0.2) is 0 Å². The molecule has 19 heavy (non-hydrogen) atoms. The topological polar surface area (TPSA) is 78.4 Å². The fourth-order valence-electron chi connectivity index (χ4n) is 2.68. The summed E-state index contributed by atoms with van der Waals surface area (Å²) in [6.45, 7) is 5.52. The molecule has 110 valence electrons. The van der Waals surface area contributed by atoms with Crippen LogP contribution in [0.4, 0.5) is 0 Å². The number of hydrogen-bond donors (Lipinski definition) is 3. The molecule has 0 bridgehead atoms. The van der Waals surface area contributed by atoms with Crippen LogP contribution in [0.3, 0.4) is 0 Å². The van der Waals surface area contributed by atoms with Gasteiger partial charge >= 0.3 is 5.97 Å². The van der Waals surface area contributed by atoms with Gasteiger partial charge in [0.2, 0.25) is 5.91 Å². The van der Waals surface area contributed by atoms with Crippen LogP contribution >= 0.6 is 0 Å². The van der Waals surface area contributed by atoms with Crippen LogP contribution in [0, 0.1) is 5.92 Å². The minimum absolute atomic E-state index is 0.168. The third-order valence-corrected chi connectivity index (χ3v) is 4.10. The second-order valence-corrected chi connectivity index (χ2v) is 5.39. The van der Waals surface area contributed by atoms with Gasteiger partial charge in [-0.2, -0.15) is 0 Å². The van der Waals surface area contributed by atoms with Gasteiger partial charge in [0.1, 0.15) is 5.54 Å². The molecule has 1 rings (SSSR count). The first-order chi connectivity index (χ1) is 9.04. The van der Waals surface area contributed by atoms with E-state index in [9.17, 15) is 14.7 Å². The van der Waals surface area contributed by atoms with Crippen molar-refractivity contribution < 1.29 is 14.7 Å². The normalized spacial score (nSPS) is 26.9. The van der Waals surface area contributed by atoms with Crippen LogP contribution in [0.2, 0.25) is 0 Å². The van der Waals surface area contributed by atoms with Crippen LogP contribution < -0.4 is 10.6 Å². The molecular weight excluding hydrogens is 244 g/mol. The van der Waals surface area contributed by atoms with Gasteiger partial charge in [0.05, 0.1) is 0 Å². The van der Waals surface area contributed by atoms with Crippen molar-refractivity contribution >= 4 is 11.9 Å². The minimum Gasteiger partial charge on any atom is -0.480 e. The fourth-order valence-corrected chi connectivity index (χ4v) is 2.68. The summed E-state index contributed by atoms with van der Waals surface area (Å²) in [5.41, 5.74) is -1.03. The summed E-state index contributed by atoms with van der Waals surface area (Å²) < 4.78 is 0. The highest BCUT2D eigenvalue weighted by molar-refractivity contribution is 5.87. The standard InChI is InChI=1S/C14H26N2O3/c1-3-11-5-8-14(9-6-11,13(18)19)16-12(17)7-10-15-4-2/h11,15H,3-10H2,1-2H3,(H,16,17)(H,18,19). The Bertz CT molecular complexity index is 310. The number of carboxylic acid groups (broad SMARTS) is 1. The molecule has 0 spiro atoms. The first-order valence-electron chi connectivity index (χ1n) is 7.29. The van der Waals surface area contributed by atoms with Gasteiger partial charge in [0, 0.05) is 13.0 Å². The maximum Gasteiger partial charge on any atom is 0.329 e. The minimum atomic E-state index is -1.03. The van der Waals surface area contributed by atoms with Crippen LogP contribution in [-0.4, -0.2) is 35.6 Å². The Kier molecular flexibility index (Phi) is 6.28. The van der Waals surface area contributed by atoms with Crippen molar-refractivity contribution in [3.05, 3.63) is 0 Å². The van der Waals surface area contributed by atoms with Gasteiger partial charge in [-0.25, -0.2) is 4.79 Å². The summed E-state index contributed by atoms with van der Waals surface area (Å²) in [4.78, 5) is 23.3. The Labute approximate surface area is 115 Å². The lowest BCUT2D eigenvalue weighted by molar-refractivity contribution is -0.149. The Morgan fingerprint density at radius 1 is 1.26 bits per heavy atom. The Hall–Kier alpha value is -1.10. The summed E-state index contributed by atoms with van der Waals surface area (Å²) >= 11 is 0. The van der Waals surface area contributed by atoms with Crippen molar-refractivity contribution in [2.75, 3.05) is 13.1 Å². The van der Waals surface area contributed by atoms with Gasteiger partial charge in [-0.05, 0) is 38.1 Å². The molecule has 1 aliphatic carbocycles. The van der Waals surface area contributed by atoms with Gasteiger partial charge in [-0.15, -0.1) is 0 Å². The van der Waals surface area contributed by atoms with Crippen molar-refractivity contribution in [1.29, 1.82) is 0 Å². The van der Waals surface area contributed by atoms with E-state index in [-0.39, 0.29) is 5.91 Å². The molecule has 1 aliphatic rings. The van der Waals surface area contributed by atoms with Gasteiger partial charge in [0.25, 0.3) is 0 Å². The average Bonchev–Trinajstić information content (AvgIpc) is 2.39. The van der Waals surface area contributed by atoms with Crippen molar-refractivity contribution in [2.24, 2.45) is 5.92 Å². The number of carbonyl (C=O) groups is 2. The van der Waals surface area contributed by atoms with Crippen LogP contribution in [0.5, 0.6) is 0 Å².